The minimum absolute atomic E-state index is 0.340. The summed E-state index contributed by atoms with van der Waals surface area (Å²) in [4.78, 5) is 12.8. The normalized spacial score (nSPS) is 10.8. The van der Waals surface area contributed by atoms with Crippen molar-refractivity contribution in [3.63, 3.8) is 0 Å². The van der Waals surface area contributed by atoms with Crippen LogP contribution in [0.25, 0.3) is 0 Å². The van der Waals surface area contributed by atoms with Crippen LogP contribution in [0.1, 0.15) is 16.7 Å². The standard InChI is InChI=1S/C14H17N5O/c1-9-4-10(2)6-11(5-9)19-14-12(7-18-20-3)13(15)16-8-17-14/h4-8H,1-3H3,(H3,15,16,17,19)/b18-7+. The highest BCUT2D eigenvalue weighted by molar-refractivity contribution is 5.92. The minimum Gasteiger partial charge on any atom is -0.399 e. The predicted octanol–water partition coefficient (Wildman–Crippen LogP) is 2.40. The van der Waals surface area contributed by atoms with Crippen LogP contribution in [0, 0.1) is 13.8 Å². The van der Waals surface area contributed by atoms with Crippen molar-refractivity contribution in [3.05, 3.63) is 41.2 Å². The summed E-state index contributed by atoms with van der Waals surface area (Å²) >= 11 is 0. The second-order valence-corrected chi connectivity index (χ2v) is 4.44. The molecular formula is C14H17N5O. The quantitative estimate of drug-likeness (QED) is 0.658. The predicted molar refractivity (Wildman–Crippen MR) is 80.2 cm³/mol. The summed E-state index contributed by atoms with van der Waals surface area (Å²) in [6.45, 7) is 4.08. The van der Waals surface area contributed by atoms with Crippen LogP contribution in [0.4, 0.5) is 17.3 Å². The van der Waals surface area contributed by atoms with Crippen LogP contribution in [-0.4, -0.2) is 23.3 Å². The first-order valence-corrected chi connectivity index (χ1v) is 6.12. The average Bonchev–Trinajstić information content (AvgIpc) is 2.37. The van der Waals surface area contributed by atoms with E-state index in [0.29, 0.717) is 17.2 Å². The summed E-state index contributed by atoms with van der Waals surface area (Å²) in [7, 11) is 1.47. The highest BCUT2D eigenvalue weighted by Crippen LogP contribution is 2.22. The Bertz CT molecular complexity index is 619. The second-order valence-electron chi connectivity index (χ2n) is 4.44. The van der Waals surface area contributed by atoms with Gasteiger partial charge in [-0.25, -0.2) is 9.97 Å². The van der Waals surface area contributed by atoms with Gasteiger partial charge in [0.05, 0.1) is 11.8 Å². The smallest absolute Gasteiger partial charge is 0.144 e. The lowest BCUT2D eigenvalue weighted by Crippen LogP contribution is -2.05. The molecule has 3 N–H and O–H groups in total. The maximum atomic E-state index is 5.84. The first-order chi connectivity index (χ1) is 9.60. The van der Waals surface area contributed by atoms with Gasteiger partial charge in [0.1, 0.15) is 25.1 Å². The number of nitrogens with two attached hydrogens (primary N) is 1. The Hall–Kier alpha value is -2.63. The Morgan fingerprint density at radius 2 is 1.90 bits per heavy atom. The second kappa shape index (κ2) is 6.01. The van der Waals surface area contributed by atoms with Crippen molar-refractivity contribution >= 4 is 23.5 Å². The molecule has 0 spiro atoms. The van der Waals surface area contributed by atoms with Crippen LogP contribution in [0.2, 0.25) is 0 Å². The van der Waals surface area contributed by atoms with E-state index in [1.807, 2.05) is 26.0 Å². The molecule has 0 fully saturated rings. The van der Waals surface area contributed by atoms with Gasteiger partial charge in [0.2, 0.25) is 0 Å². The molecule has 104 valence electrons. The van der Waals surface area contributed by atoms with E-state index in [0.717, 1.165) is 5.69 Å². The van der Waals surface area contributed by atoms with Gasteiger partial charge in [0.15, 0.2) is 0 Å². The van der Waals surface area contributed by atoms with Crippen LogP contribution in [0.5, 0.6) is 0 Å². The molecular weight excluding hydrogens is 254 g/mol. The highest BCUT2D eigenvalue weighted by Gasteiger charge is 2.08. The minimum atomic E-state index is 0.340. The van der Waals surface area contributed by atoms with Crippen molar-refractivity contribution in [2.24, 2.45) is 5.16 Å². The van der Waals surface area contributed by atoms with Crippen molar-refractivity contribution in [3.8, 4) is 0 Å². The zero-order chi connectivity index (χ0) is 14.5. The van der Waals surface area contributed by atoms with Crippen LogP contribution < -0.4 is 11.1 Å². The van der Waals surface area contributed by atoms with Gasteiger partial charge in [-0.3, -0.25) is 0 Å². The third kappa shape index (κ3) is 3.23. The number of hydrogen-bond acceptors (Lipinski definition) is 6. The van der Waals surface area contributed by atoms with Crippen molar-refractivity contribution in [1.82, 2.24) is 9.97 Å². The number of aromatic nitrogens is 2. The van der Waals surface area contributed by atoms with Gasteiger partial charge in [-0.15, -0.1) is 0 Å². The SMILES string of the molecule is CO/N=C/c1c(N)ncnc1Nc1cc(C)cc(C)c1. The van der Waals surface area contributed by atoms with Gasteiger partial charge in [-0.2, -0.15) is 0 Å². The van der Waals surface area contributed by atoms with Crippen molar-refractivity contribution in [2.45, 2.75) is 13.8 Å². The van der Waals surface area contributed by atoms with E-state index in [-0.39, 0.29) is 0 Å². The molecule has 0 atom stereocenters. The summed E-state index contributed by atoms with van der Waals surface area (Å²) in [5, 5.41) is 6.94. The molecule has 1 heterocycles. The third-order valence-corrected chi connectivity index (χ3v) is 2.69. The number of benzene rings is 1. The van der Waals surface area contributed by atoms with Gasteiger partial charge >= 0.3 is 0 Å². The van der Waals surface area contributed by atoms with Crippen LogP contribution in [0.3, 0.4) is 0 Å². The van der Waals surface area contributed by atoms with Crippen LogP contribution in [-0.2, 0) is 4.84 Å². The molecule has 0 aliphatic rings. The number of nitrogen functional groups attached to an aromatic ring is 1. The fourth-order valence-corrected chi connectivity index (χ4v) is 1.93. The van der Waals surface area contributed by atoms with Gasteiger partial charge in [-0.1, -0.05) is 11.2 Å². The molecule has 6 heteroatoms. The molecule has 1 aromatic carbocycles. The number of nitrogens with one attached hydrogen (secondary N) is 1. The molecule has 0 aliphatic heterocycles. The van der Waals surface area contributed by atoms with Gasteiger partial charge in [0, 0.05) is 5.69 Å². The number of aryl methyl sites for hydroxylation is 2. The Morgan fingerprint density at radius 1 is 1.20 bits per heavy atom. The largest absolute Gasteiger partial charge is 0.399 e. The van der Waals surface area contributed by atoms with Gasteiger partial charge < -0.3 is 15.9 Å². The van der Waals surface area contributed by atoms with Crippen LogP contribution in [0.15, 0.2) is 29.7 Å². The van der Waals surface area contributed by atoms with Crippen molar-refractivity contribution in [2.75, 3.05) is 18.2 Å². The molecule has 2 rings (SSSR count). The number of anilines is 3. The summed E-state index contributed by atoms with van der Waals surface area (Å²) in [6, 6.07) is 6.16. The fraction of sp³-hybridized carbons (Fsp3) is 0.214. The molecule has 0 radical (unpaired) electrons. The van der Waals surface area contributed by atoms with Crippen molar-refractivity contribution in [1.29, 1.82) is 0 Å². The lowest BCUT2D eigenvalue weighted by Gasteiger charge is -2.10. The molecule has 1 aromatic heterocycles. The summed E-state index contributed by atoms with van der Waals surface area (Å²) in [5.41, 5.74) is 9.70. The first kappa shape index (κ1) is 13.8. The van der Waals surface area contributed by atoms with E-state index in [1.165, 1.54) is 30.8 Å². The van der Waals surface area contributed by atoms with E-state index < -0.39 is 0 Å². The van der Waals surface area contributed by atoms with Crippen molar-refractivity contribution < 1.29 is 4.84 Å². The van der Waals surface area contributed by atoms with E-state index in [9.17, 15) is 0 Å². The fourth-order valence-electron chi connectivity index (χ4n) is 1.93. The monoisotopic (exact) mass is 271 g/mol. The Balaban J connectivity index is 2.37. The number of nitrogens with zero attached hydrogens (tertiary/aromatic N) is 3. The van der Waals surface area contributed by atoms with E-state index in [4.69, 9.17) is 5.73 Å². The summed E-state index contributed by atoms with van der Waals surface area (Å²) < 4.78 is 0. The topological polar surface area (TPSA) is 85.4 Å². The van der Waals surface area contributed by atoms with Crippen LogP contribution >= 0.6 is 0 Å². The lowest BCUT2D eigenvalue weighted by atomic mass is 10.1. The molecule has 2 aromatic rings. The van der Waals surface area contributed by atoms with E-state index >= 15 is 0 Å². The third-order valence-electron chi connectivity index (χ3n) is 2.69. The number of oxime groups is 1. The highest BCUT2D eigenvalue weighted by atomic mass is 16.6. The Labute approximate surface area is 117 Å². The first-order valence-electron chi connectivity index (χ1n) is 6.12. The number of hydrogen-bond donors (Lipinski definition) is 2. The molecule has 0 saturated carbocycles. The maximum absolute atomic E-state index is 5.84. The molecule has 0 unspecified atom stereocenters. The molecule has 0 bridgehead atoms. The lowest BCUT2D eigenvalue weighted by molar-refractivity contribution is 0.215. The molecule has 0 amide bonds. The van der Waals surface area contributed by atoms with E-state index in [1.54, 1.807) is 0 Å². The Morgan fingerprint density at radius 3 is 2.55 bits per heavy atom. The van der Waals surface area contributed by atoms with Gasteiger partial charge in [-0.05, 0) is 37.1 Å². The molecule has 0 aliphatic carbocycles. The maximum Gasteiger partial charge on any atom is 0.144 e. The summed E-state index contributed by atoms with van der Waals surface area (Å²) in [6.07, 6.45) is 2.89. The Kier molecular flexibility index (Phi) is 4.14. The van der Waals surface area contributed by atoms with Gasteiger partial charge in [0.25, 0.3) is 0 Å². The average molecular weight is 271 g/mol. The molecule has 20 heavy (non-hydrogen) atoms. The molecule has 6 nitrogen and oxygen atoms in total. The zero-order valence-corrected chi connectivity index (χ0v) is 11.7. The molecule has 0 saturated heterocycles. The van der Waals surface area contributed by atoms with E-state index in [2.05, 4.69) is 31.3 Å². The summed E-state index contributed by atoms with van der Waals surface area (Å²) in [5.74, 6) is 0.927. The number of rotatable bonds is 4. The zero-order valence-electron chi connectivity index (χ0n) is 11.7.